The molecule has 1 amide bonds. The van der Waals surface area contributed by atoms with Gasteiger partial charge in [-0.3, -0.25) is 9.10 Å². The molecule has 0 atom stereocenters. The fourth-order valence-corrected chi connectivity index (χ4v) is 5.11. The van der Waals surface area contributed by atoms with Crippen LogP contribution in [0.5, 0.6) is 5.75 Å². The van der Waals surface area contributed by atoms with E-state index in [1.165, 1.54) is 35.4 Å². The minimum absolute atomic E-state index is 0.0375. The molecule has 0 aliphatic heterocycles. The quantitative estimate of drug-likeness (QED) is 0.376. The monoisotopic (exact) mass is 500 g/mol. The van der Waals surface area contributed by atoms with Gasteiger partial charge in [-0.05, 0) is 68.7 Å². The second kappa shape index (κ2) is 11.9. The summed E-state index contributed by atoms with van der Waals surface area (Å²) in [6.45, 7) is 4.28. The van der Waals surface area contributed by atoms with Crippen molar-refractivity contribution in [3.05, 3.63) is 88.9 Å². The van der Waals surface area contributed by atoms with Crippen LogP contribution in [0.2, 0.25) is 5.02 Å². The summed E-state index contributed by atoms with van der Waals surface area (Å²) in [6.07, 6.45) is 1.57. The minimum Gasteiger partial charge on any atom is -0.492 e. The second-order valence-corrected chi connectivity index (χ2v) is 10.1. The topological polar surface area (TPSA) is 75.7 Å². The molecule has 0 heterocycles. The number of rotatable bonds is 11. The van der Waals surface area contributed by atoms with Gasteiger partial charge in [-0.2, -0.15) is 0 Å². The average Bonchev–Trinajstić information content (AvgIpc) is 2.81. The molecule has 0 aliphatic rings. The molecule has 0 unspecified atom stereocenters. The summed E-state index contributed by atoms with van der Waals surface area (Å²) in [7, 11) is -4.05. The number of amides is 1. The molecular weight excluding hydrogens is 472 g/mol. The van der Waals surface area contributed by atoms with E-state index >= 15 is 0 Å². The highest BCUT2D eigenvalue weighted by Crippen LogP contribution is 2.32. The number of hydrogen-bond donors (Lipinski definition) is 1. The SMILES string of the molecule is CCOc1ccccc1N(CC(=O)NCCCc1cccc(C)c1)S(=O)(=O)c1ccc(Cl)cc1. The number of aryl methyl sites for hydroxylation is 2. The highest BCUT2D eigenvalue weighted by Gasteiger charge is 2.29. The van der Waals surface area contributed by atoms with E-state index in [9.17, 15) is 13.2 Å². The Labute approximate surface area is 206 Å². The fraction of sp³-hybridized carbons (Fsp3) is 0.269. The van der Waals surface area contributed by atoms with Crippen LogP contribution in [-0.2, 0) is 21.2 Å². The van der Waals surface area contributed by atoms with Gasteiger partial charge in [0, 0.05) is 11.6 Å². The van der Waals surface area contributed by atoms with E-state index in [0.29, 0.717) is 29.6 Å². The molecule has 0 aromatic heterocycles. The van der Waals surface area contributed by atoms with Crippen LogP contribution in [0.15, 0.2) is 77.7 Å². The van der Waals surface area contributed by atoms with Crippen LogP contribution in [-0.4, -0.2) is 34.0 Å². The molecule has 34 heavy (non-hydrogen) atoms. The van der Waals surface area contributed by atoms with Crippen molar-refractivity contribution in [3.63, 3.8) is 0 Å². The van der Waals surface area contributed by atoms with Gasteiger partial charge < -0.3 is 10.1 Å². The maximum Gasteiger partial charge on any atom is 0.264 e. The number of carbonyl (C=O) groups is 1. The summed E-state index contributed by atoms with van der Waals surface area (Å²) in [4.78, 5) is 12.9. The van der Waals surface area contributed by atoms with Crippen molar-refractivity contribution in [2.24, 2.45) is 0 Å². The van der Waals surface area contributed by atoms with Crippen molar-refractivity contribution in [2.45, 2.75) is 31.6 Å². The van der Waals surface area contributed by atoms with Gasteiger partial charge in [-0.25, -0.2) is 8.42 Å². The first-order valence-corrected chi connectivity index (χ1v) is 13.0. The van der Waals surface area contributed by atoms with E-state index in [-0.39, 0.29) is 11.4 Å². The van der Waals surface area contributed by atoms with Crippen molar-refractivity contribution in [3.8, 4) is 5.75 Å². The van der Waals surface area contributed by atoms with E-state index in [1.807, 2.05) is 26.0 Å². The van der Waals surface area contributed by atoms with Crippen LogP contribution in [0.25, 0.3) is 0 Å². The van der Waals surface area contributed by atoms with Crippen LogP contribution < -0.4 is 14.4 Å². The summed E-state index contributed by atoms with van der Waals surface area (Å²) >= 11 is 5.94. The van der Waals surface area contributed by atoms with Gasteiger partial charge in [0.05, 0.1) is 17.2 Å². The van der Waals surface area contributed by atoms with Gasteiger partial charge in [0.1, 0.15) is 12.3 Å². The number of hydrogen-bond acceptors (Lipinski definition) is 4. The summed E-state index contributed by atoms with van der Waals surface area (Å²) in [5.41, 5.74) is 2.69. The largest absolute Gasteiger partial charge is 0.492 e. The Balaban J connectivity index is 1.77. The Morgan fingerprint density at radius 3 is 2.47 bits per heavy atom. The van der Waals surface area contributed by atoms with Crippen LogP contribution in [0.3, 0.4) is 0 Å². The summed E-state index contributed by atoms with van der Waals surface area (Å²) in [5.74, 6) is -0.0112. The molecule has 1 N–H and O–H groups in total. The number of halogens is 1. The molecule has 0 radical (unpaired) electrons. The molecule has 0 spiro atoms. The van der Waals surface area contributed by atoms with Gasteiger partial charge in [-0.1, -0.05) is 53.6 Å². The summed E-state index contributed by atoms with van der Waals surface area (Å²) in [5, 5.41) is 3.27. The Morgan fingerprint density at radius 2 is 1.76 bits per heavy atom. The van der Waals surface area contributed by atoms with Crippen molar-refractivity contribution in [1.29, 1.82) is 0 Å². The van der Waals surface area contributed by atoms with Crippen molar-refractivity contribution < 1.29 is 17.9 Å². The number of anilines is 1. The third kappa shape index (κ3) is 6.74. The van der Waals surface area contributed by atoms with Gasteiger partial charge >= 0.3 is 0 Å². The Kier molecular flexibility index (Phi) is 8.96. The lowest BCUT2D eigenvalue weighted by atomic mass is 10.1. The first kappa shape index (κ1) is 25.6. The predicted molar refractivity (Wildman–Crippen MR) is 136 cm³/mol. The Morgan fingerprint density at radius 1 is 1.03 bits per heavy atom. The zero-order chi connectivity index (χ0) is 24.6. The maximum atomic E-state index is 13.5. The predicted octanol–water partition coefficient (Wildman–Crippen LogP) is 4.99. The second-order valence-electron chi connectivity index (χ2n) is 7.81. The Bertz CT molecular complexity index is 1210. The van der Waals surface area contributed by atoms with Crippen molar-refractivity contribution in [2.75, 3.05) is 24.0 Å². The highest BCUT2D eigenvalue weighted by molar-refractivity contribution is 7.92. The number of nitrogens with zero attached hydrogens (tertiary/aromatic N) is 1. The molecule has 8 heteroatoms. The number of nitrogens with one attached hydrogen (secondary N) is 1. The number of para-hydroxylation sites is 2. The summed E-state index contributed by atoms with van der Waals surface area (Å²) < 4.78 is 33.8. The van der Waals surface area contributed by atoms with E-state index in [2.05, 4.69) is 17.4 Å². The standard InChI is InChI=1S/C26H29ClN2O4S/c1-3-33-25-12-5-4-11-24(25)29(34(31,32)23-15-13-22(27)14-16-23)19-26(30)28-17-7-10-21-9-6-8-20(2)18-21/h4-6,8-9,11-16,18H,3,7,10,17,19H2,1-2H3,(H,28,30). The number of benzene rings is 3. The van der Waals surface area contributed by atoms with Crippen LogP contribution >= 0.6 is 11.6 Å². The molecule has 3 aromatic carbocycles. The number of sulfonamides is 1. The van der Waals surface area contributed by atoms with Crippen LogP contribution in [0, 0.1) is 6.92 Å². The third-order valence-corrected chi connectivity index (χ3v) is 7.20. The number of ether oxygens (including phenoxy) is 1. The smallest absolute Gasteiger partial charge is 0.264 e. The average molecular weight is 501 g/mol. The molecule has 180 valence electrons. The van der Waals surface area contributed by atoms with E-state index in [0.717, 1.165) is 17.1 Å². The zero-order valence-electron chi connectivity index (χ0n) is 19.3. The maximum absolute atomic E-state index is 13.5. The van der Waals surface area contributed by atoms with Crippen LogP contribution in [0.4, 0.5) is 5.69 Å². The zero-order valence-corrected chi connectivity index (χ0v) is 20.9. The van der Waals surface area contributed by atoms with Gasteiger partial charge in [-0.15, -0.1) is 0 Å². The lowest BCUT2D eigenvalue weighted by Gasteiger charge is -2.26. The molecule has 6 nitrogen and oxygen atoms in total. The highest BCUT2D eigenvalue weighted by atomic mass is 35.5. The van der Waals surface area contributed by atoms with E-state index in [1.54, 1.807) is 24.3 Å². The van der Waals surface area contributed by atoms with Gasteiger partial charge in [0.25, 0.3) is 10.0 Å². The fourth-order valence-electron chi connectivity index (χ4n) is 3.55. The molecule has 0 saturated heterocycles. The minimum atomic E-state index is -4.05. The van der Waals surface area contributed by atoms with Crippen LogP contribution in [0.1, 0.15) is 24.5 Å². The van der Waals surface area contributed by atoms with Crippen molar-refractivity contribution >= 4 is 33.2 Å². The molecule has 0 fully saturated rings. The first-order valence-electron chi connectivity index (χ1n) is 11.1. The molecule has 3 aromatic rings. The van der Waals surface area contributed by atoms with Gasteiger partial charge in [0.15, 0.2) is 0 Å². The van der Waals surface area contributed by atoms with Crippen molar-refractivity contribution in [1.82, 2.24) is 5.32 Å². The van der Waals surface area contributed by atoms with E-state index in [4.69, 9.17) is 16.3 Å². The molecule has 3 rings (SSSR count). The molecule has 0 bridgehead atoms. The lowest BCUT2D eigenvalue weighted by molar-refractivity contribution is -0.119. The molecule has 0 aliphatic carbocycles. The third-order valence-electron chi connectivity index (χ3n) is 5.17. The Hall–Kier alpha value is -3.03. The normalized spacial score (nSPS) is 11.1. The number of carbonyl (C=O) groups excluding carboxylic acids is 1. The van der Waals surface area contributed by atoms with Gasteiger partial charge in [0.2, 0.25) is 5.91 Å². The summed E-state index contributed by atoms with van der Waals surface area (Å²) in [6, 6.07) is 20.9. The lowest BCUT2D eigenvalue weighted by Crippen LogP contribution is -2.41. The first-order chi connectivity index (χ1) is 16.3. The molecule has 0 saturated carbocycles. The molecular formula is C26H29ClN2O4S. The van der Waals surface area contributed by atoms with E-state index < -0.39 is 15.9 Å².